The lowest BCUT2D eigenvalue weighted by Gasteiger charge is -2.21. The van der Waals surface area contributed by atoms with E-state index in [4.69, 9.17) is 104 Å². The second kappa shape index (κ2) is 48.2. The number of alkyl halides is 18. The van der Waals surface area contributed by atoms with Gasteiger partial charge in [0.15, 0.2) is 53.4 Å². The molecule has 10 N–H and O–H groups in total. The van der Waals surface area contributed by atoms with E-state index in [9.17, 15) is 135 Å². The quantitative estimate of drug-likeness (QED) is 0.0125. The van der Waals surface area contributed by atoms with Crippen LogP contribution in [0.3, 0.4) is 0 Å². The van der Waals surface area contributed by atoms with E-state index in [1.54, 1.807) is 6.07 Å². The van der Waals surface area contributed by atoms with Gasteiger partial charge in [0.1, 0.15) is 58.1 Å². The Morgan fingerprint density at radius 2 is 0.774 bits per heavy atom. The van der Waals surface area contributed by atoms with Gasteiger partial charge in [-0.2, -0.15) is 109 Å². The summed E-state index contributed by atoms with van der Waals surface area (Å²) in [5, 5.41) is 25.5. The van der Waals surface area contributed by atoms with Crippen molar-refractivity contribution in [3.8, 4) is 0 Å². The van der Waals surface area contributed by atoms with Gasteiger partial charge in [0, 0.05) is 31.4 Å². The minimum atomic E-state index is -4.73. The molecule has 0 unspecified atom stereocenters. The van der Waals surface area contributed by atoms with E-state index in [1.807, 2.05) is 5.32 Å². The first kappa shape index (κ1) is 120. The molecule has 0 amide bonds. The molecule has 11 aromatic heterocycles. The Hall–Kier alpha value is -10.8. The monoisotopic (exact) mass is 2190 g/mol. The van der Waals surface area contributed by atoms with Gasteiger partial charge < -0.3 is 38.1 Å². The van der Waals surface area contributed by atoms with Gasteiger partial charge in [0.25, 0.3) is 11.1 Å². The van der Waals surface area contributed by atoms with E-state index in [1.165, 1.54) is 65.9 Å². The molecular formula is C68H69Cl9F18N28O12S2. The number of halogens is 27. The Kier molecular flexibility index (Phi) is 42.3. The summed E-state index contributed by atoms with van der Waals surface area (Å²) in [6.45, 7) is 13.9. The molecule has 0 spiro atoms. The number of fused-ring (bicyclic) bond motifs is 3. The lowest BCUT2D eigenvalue weighted by atomic mass is 10.3. The molecule has 137 heavy (non-hydrogen) atoms. The second-order valence-corrected chi connectivity index (χ2v) is 34.1. The zero-order chi connectivity index (χ0) is 105. The predicted octanol–water partition coefficient (Wildman–Crippen LogP) is 15.5. The third-order valence-corrected chi connectivity index (χ3v) is 20.8. The number of hydrogen-bond acceptors (Lipinski definition) is 34. The highest BCUT2D eigenvalue weighted by Crippen LogP contribution is 2.37. The summed E-state index contributed by atoms with van der Waals surface area (Å²) >= 11 is 44.4. The molecule has 11 rings (SSSR count). The first-order valence-corrected chi connectivity index (χ1v) is 43.2. The molecule has 0 aromatic carbocycles. The maximum absolute atomic E-state index is 13.4. The largest absolute Gasteiger partial charge is 0.409 e. The van der Waals surface area contributed by atoms with Crippen molar-refractivity contribution in [2.75, 3.05) is 34.2 Å². The Morgan fingerprint density at radius 3 is 1.15 bits per heavy atom. The fraction of sp³-hybridized carbons (Fsp3) is 0.412. The molecule has 0 aliphatic heterocycles. The van der Waals surface area contributed by atoms with E-state index < -0.39 is 142 Å². The summed E-state index contributed by atoms with van der Waals surface area (Å²) in [6, 6.07) is -6.15. The highest BCUT2D eigenvalue weighted by atomic mass is 35.5. The number of nitrogen functional groups attached to an aromatic ring is 1. The summed E-state index contributed by atoms with van der Waals surface area (Å²) in [5.41, 5.74) is 10.6. The number of sulfone groups is 2. The van der Waals surface area contributed by atoms with Crippen LogP contribution < -0.4 is 55.4 Å². The molecule has 6 atom stereocenters. The minimum absolute atomic E-state index is 0. The van der Waals surface area contributed by atoms with Crippen molar-refractivity contribution in [2.45, 2.75) is 179 Å². The first-order valence-electron chi connectivity index (χ1n) is 36.4. The smallest absolute Gasteiger partial charge is 0.394 e. The van der Waals surface area contributed by atoms with Gasteiger partial charge in [-0.3, -0.25) is 63.1 Å². The molecule has 0 aliphatic rings. The van der Waals surface area contributed by atoms with Crippen molar-refractivity contribution in [1.29, 1.82) is 0 Å². The minimum Gasteiger partial charge on any atom is -0.394 e. The summed E-state index contributed by atoms with van der Waals surface area (Å²) in [7, 11) is -6.57. The number of nitrogens with two attached hydrogens (primary N) is 3. The molecule has 0 radical (unpaired) electrons. The molecule has 754 valence electrons. The maximum atomic E-state index is 13.4. The number of H-pyrrole nitrogens is 1. The third-order valence-electron chi connectivity index (χ3n) is 17.0. The Morgan fingerprint density at radius 1 is 0.431 bits per heavy atom. The summed E-state index contributed by atoms with van der Waals surface area (Å²) < 4.78 is 271. The van der Waals surface area contributed by atoms with Crippen LogP contribution in [0, 0.1) is 61.8 Å². The van der Waals surface area contributed by atoms with Crippen LogP contribution in [0.1, 0.15) is 105 Å². The average Bonchev–Trinajstić information content (AvgIpc) is 0.761. The number of nitro groups is 2. The lowest BCUT2D eigenvalue weighted by Crippen LogP contribution is -2.42. The number of pyridine rings is 2. The normalized spacial score (nSPS) is 13.1. The highest BCUT2D eigenvalue weighted by Gasteiger charge is 2.44. The van der Waals surface area contributed by atoms with Gasteiger partial charge in [-0.05, 0) is 177 Å². The molecule has 0 aliphatic carbocycles. The van der Waals surface area contributed by atoms with E-state index in [0.717, 1.165) is 60.3 Å². The number of anilines is 4. The van der Waals surface area contributed by atoms with Gasteiger partial charge in [0.05, 0.1) is 72.1 Å². The first-order chi connectivity index (χ1) is 61.9. The fourth-order valence-corrected chi connectivity index (χ4v) is 12.5. The fourth-order valence-electron chi connectivity index (χ4n) is 9.65. The lowest BCUT2D eigenvalue weighted by molar-refractivity contribution is -0.385. The number of aromatic nitrogens is 20. The van der Waals surface area contributed by atoms with Gasteiger partial charge in [-0.15, -0.1) is 12.4 Å². The number of aryl methyl sites for hydroxylation is 6. The van der Waals surface area contributed by atoms with Crippen LogP contribution in [-0.4, -0.2) is 193 Å². The molecule has 11 aromatic rings. The zero-order valence-corrected chi connectivity index (χ0v) is 79.9. The molecule has 0 saturated carbocycles. The third kappa shape index (κ3) is 34.0. The zero-order valence-electron chi connectivity index (χ0n) is 71.4. The van der Waals surface area contributed by atoms with Crippen LogP contribution in [0.4, 0.5) is 114 Å². The number of nitrogens with one attached hydrogen (secondary N) is 4. The van der Waals surface area contributed by atoms with Crippen molar-refractivity contribution in [3.63, 3.8) is 0 Å². The van der Waals surface area contributed by atoms with Crippen molar-refractivity contribution in [2.24, 2.45) is 11.5 Å². The Bertz CT molecular complexity index is 6680. The van der Waals surface area contributed by atoms with Crippen LogP contribution >= 0.6 is 105 Å². The van der Waals surface area contributed by atoms with Crippen LogP contribution in [0.5, 0.6) is 0 Å². The van der Waals surface area contributed by atoms with Crippen molar-refractivity contribution < 1.29 is 106 Å². The summed E-state index contributed by atoms with van der Waals surface area (Å²) in [5.74, 6) is -1.03. The van der Waals surface area contributed by atoms with E-state index in [0.29, 0.717) is 32.8 Å². The van der Waals surface area contributed by atoms with Crippen molar-refractivity contribution in [3.05, 3.63) is 186 Å². The average molecular weight is 2200 g/mol. The van der Waals surface area contributed by atoms with Gasteiger partial charge in [-0.1, -0.05) is 23.2 Å². The SMILES string of the molecule is CS(=O)(=O)c1ccc(CN)nc1.C[C@H](N)C(F)(F)F.Cc1nc(Cl)nc(Cl)c1[N+](=O)[O-].Cc1nc(Cl)nc(N[C@@H](C)C(F)(F)F)c1N.Cc1nc(Cl)nc(N[C@@H](C)C(F)(F)F)c1[N+](=O)[O-].Cc1nc(Cl)nc2c1[nH]c(=O)c(=O)n2[C@@H](C)C(F)(F)F.Cc1nc(Cl)nc2c1nc(Cl)c(=O)n2[C@@H](C)C(F)(F)F.Cc1nc(Cl)nc2c1nc(NCc1ccc(S(C)(=O)=O)cn1)c(=O)n2[C@@H](C)C(F)(F)F.Cl. The molecule has 0 saturated heterocycles. The highest BCUT2D eigenvalue weighted by molar-refractivity contribution is 7.91. The Balaban J connectivity index is 0.000000414. The van der Waals surface area contributed by atoms with Crippen molar-refractivity contribution >= 4 is 193 Å². The molecule has 11 heterocycles. The molecular weight excluding hydrogens is 2130 g/mol. The molecule has 0 bridgehead atoms. The summed E-state index contributed by atoms with van der Waals surface area (Å²) in [6.07, 6.45) is -22.6. The topological polar surface area (TPSA) is 574 Å². The molecule has 0 fully saturated rings. The van der Waals surface area contributed by atoms with Crippen LogP contribution in [-0.2, 0) is 32.8 Å². The molecule has 69 heteroatoms. The van der Waals surface area contributed by atoms with Crippen LogP contribution in [0.2, 0.25) is 42.0 Å². The number of aromatic amines is 1. The number of rotatable bonds is 15. The molecule has 40 nitrogen and oxygen atoms in total. The van der Waals surface area contributed by atoms with Gasteiger partial charge in [-0.25, -0.2) is 56.7 Å². The maximum Gasteiger partial charge on any atom is 0.409 e. The standard InChI is InChI=1S/C17H16ClF3N6O3S.C10H7Cl2F3N4O.C10H8ClF3N4O2.C8H8ClF3N4O2.C8H10ClF3N4.C7H10N2O2S.C5H3Cl2N3O2.C3H6F3N.ClH/c1-8-12-14(26-16(18)24-8)27(9(2)17(19,20)21)15(28)13(25-12)23-6-10-4-5-11(7-22-10)31(3,29)30;1-3-5-7(18-9(12)16-3)19(4(2)10(13,14)15)8(20)6(11)17-5;1-3-5-6(17-9(11)15-3)18(4(2)10(12,13)14)8(20)7(19)16-5;1-3-5(16(17)18)6(15-7(9)13-3)14-4(2)8(10,11)12;1-3-5(13)6(16-7(9)14-3)15-4(2)8(10,11)12;1-12(10,11)7-3-2-6(4-8)9-5-7;1-2-3(10(11)12)4(6)9-5(7)8-2;1-2(7)3(4,5)6;/h4-5,7,9H,6H2,1-3H3,(H,23,25);4H,1-2H3;4H,1-2H3,(H,16,19);4H,1-2H3,(H,13,14,15);4H,13H2,1-2H3,(H,14,15,16);2-3,5H,4,8H2,1H3;1H3;2H,7H2,1H3;1H/t9-;4*4-;;;2-;/m00000..0./s1. The van der Waals surface area contributed by atoms with E-state index in [2.05, 4.69) is 101 Å². The predicted molar refractivity (Wildman–Crippen MR) is 467 cm³/mol. The van der Waals surface area contributed by atoms with Crippen LogP contribution in [0.25, 0.3) is 33.5 Å². The van der Waals surface area contributed by atoms with Crippen LogP contribution in [0.15, 0.2) is 65.6 Å². The summed E-state index contributed by atoms with van der Waals surface area (Å²) in [4.78, 5) is 129. The second-order valence-electron chi connectivity index (χ2n) is 27.3. The van der Waals surface area contributed by atoms with Gasteiger partial charge in [0.2, 0.25) is 42.7 Å². The number of hydrogen-bond donors (Lipinski definition) is 7. The van der Waals surface area contributed by atoms with Crippen molar-refractivity contribution in [1.82, 2.24) is 98.4 Å². The number of nitrogens with zero attached hydrogens (tertiary/aromatic N) is 21. The Labute approximate surface area is 803 Å². The van der Waals surface area contributed by atoms with E-state index in [-0.39, 0.29) is 155 Å². The van der Waals surface area contributed by atoms with Gasteiger partial charge >= 0.3 is 59.6 Å². The van der Waals surface area contributed by atoms with E-state index >= 15 is 0 Å².